The number of nitrogens with one attached hydrogen (secondary N) is 2. The van der Waals surface area contributed by atoms with Crippen LogP contribution in [0.5, 0.6) is 0 Å². The van der Waals surface area contributed by atoms with Gasteiger partial charge in [-0.15, -0.1) is 0 Å². The van der Waals surface area contributed by atoms with Gasteiger partial charge in [0, 0.05) is 25.3 Å². The molecular formula is C25H29ClFN3O4. The van der Waals surface area contributed by atoms with Crippen molar-refractivity contribution in [2.75, 3.05) is 18.5 Å². The molecule has 9 heteroatoms. The molecule has 2 heterocycles. The third-order valence-electron chi connectivity index (χ3n) is 6.51. The van der Waals surface area contributed by atoms with Crippen LogP contribution in [-0.4, -0.2) is 47.3 Å². The zero-order chi connectivity index (χ0) is 24.1. The van der Waals surface area contributed by atoms with Gasteiger partial charge in [0.25, 0.3) is 5.91 Å². The van der Waals surface area contributed by atoms with Crippen LogP contribution in [0.2, 0.25) is 5.02 Å². The molecule has 0 radical (unpaired) electrons. The van der Waals surface area contributed by atoms with E-state index in [0.717, 1.165) is 62.6 Å². The first-order valence-electron chi connectivity index (χ1n) is 11.7. The standard InChI is InChI=1S/C25H29ClFN3O4/c26-19-4-1-5-20(27)22(19)24(31)30-21(25(32)33)10-12-34-18-13-15(14-18)6-8-17-9-7-16-3-2-11-28-23(16)29-17/h1,4-5,7,9,15,18,21H,2-3,6,8,10-14H2,(H,28,29)(H,30,31)(H,32,33). The maximum Gasteiger partial charge on any atom is 0.326 e. The molecule has 1 aliphatic carbocycles. The number of hydrogen-bond acceptors (Lipinski definition) is 5. The number of aromatic nitrogens is 1. The lowest BCUT2D eigenvalue weighted by Crippen LogP contribution is -2.42. The van der Waals surface area contributed by atoms with Crippen LogP contribution in [0.15, 0.2) is 30.3 Å². The van der Waals surface area contributed by atoms with Crippen molar-refractivity contribution in [3.05, 3.63) is 58.0 Å². The van der Waals surface area contributed by atoms with Crippen LogP contribution >= 0.6 is 11.6 Å². The van der Waals surface area contributed by atoms with Gasteiger partial charge < -0.3 is 20.5 Å². The molecule has 2 aliphatic rings. The van der Waals surface area contributed by atoms with Crippen LogP contribution in [-0.2, 0) is 22.4 Å². The predicted molar refractivity (Wildman–Crippen MR) is 127 cm³/mol. The first-order chi connectivity index (χ1) is 16.4. The van der Waals surface area contributed by atoms with Crippen molar-refractivity contribution in [2.45, 2.75) is 57.1 Å². The number of halogens is 2. The number of benzene rings is 1. The number of rotatable bonds is 10. The summed E-state index contributed by atoms with van der Waals surface area (Å²) in [6.07, 6.45) is 6.24. The minimum absolute atomic E-state index is 0.0692. The summed E-state index contributed by atoms with van der Waals surface area (Å²) >= 11 is 5.89. The van der Waals surface area contributed by atoms with Crippen molar-refractivity contribution in [1.29, 1.82) is 0 Å². The lowest BCUT2D eigenvalue weighted by Gasteiger charge is -2.35. The Bertz CT molecular complexity index is 1020. The molecule has 1 fully saturated rings. The van der Waals surface area contributed by atoms with Crippen LogP contribution in [0, 0.1) is 11.7 Å². The van der Waals surface area contributed by atoms with Crippen molar-refractivity contribution in [2.24, 2.45) is 5.92 Å². The average Bonchev–Trinajstić information content (AvgIpc) is 2.78. The first kappa shape index (κ1) is 24.4. The molecule has 1 amide bonds. The first-order valence-corrected chi connectivity index (χ1v) is 12.1. The second-order valence-electron chi connectivity index (χ2n) is 8.96. The molecule has 1 saturated carbocycles. The molecule has 1 aliphatic heterocycles. The molecule has 1 aromatic carbocycles. The molecule has 3 N–H and O–H groups in total. The minimum atomic E-state index is -1.21. The maximum atomic E-state index is 13.9. The van der Waals surface area contributed by atoms with Crippen molar-refractivity contribution in [3.8, 4) is 0 Å². The number of anilines is 1. The Morgan fingerprint density at radius 2 is 2.12 bits per heavy atom. The SMILES string of the molecule is O=C(NC(CCOC1CC(CCc2ccc3c(n2)NCCC3)C1)C(=O)O)c1c(F)cccc1Cl. The van der Waals surface area contributed by atoms with Crippen LogP contribution in [0.1, 0.15) is 53.7 Å². The van der Waals surface area contributed by atoms with Crippen molar-refractivity contribution in [1.82, 2.24) is 10.3 Å². The summed E-state index contributed by atoms with van der Waals surface area (Å²) in [6.45, 7) is 1.17. The second kappa shape index (κ2) is 11.1. The highest BCUT2D eigenvalue weighted by molar-refractivity contribution is 6.33. The maximum absolute atomic E-state index is 13.9. The molecule has 34 heavy (non-hydrogen) atoms. The number of aliphatic carboxylic acids is 1. The number of aryl methyl sites for hydroxylation is 2. The molecule has 7 nitrogen and oxygen atoms in total. The summed E-state index contributed by atoms with van der Waals surface area (Å²) < 4.78 is 19.7. The van der Waals surface area contributed by atoms with Gasteiger partial charge in [-0.2, -0.15) is 0 Å². The number of hydrogen-bond donors (Lipinski definition) is 3. The lowest BCUT2D eigenvalue weighted by molar-refractivity contribution is -0.140. The quantitative estimate of drug-likeness (QED) is 0.461. The highest BCUT2D eigenvalue weighted by Gasteiger charge is 2.30. The zero-order valence-corrected chi connectivity index (χ0v) is 19.6. The van der Waals surface area contributed by atoms with Crippen LogP contribution in [0.25, 0.3) is 0 Å². The van der Waals surface area contributed by atoms with Crippen LogP contribution < -0.4 is 10.6 Å². The van der Waals surface area contributed by atoms with E-state index in [1.54, 1.807) is 0 Å². The molecule has 2 aromatic rings. The van der Waals surface area contributed by atoms with Gasteiger partial charge >= 0.3 is 5.97 Å². The number of amides is 1. The molecule has 1 atom stereocenters. The number of ether oxygens (including phenoxy) is 1. The van der Waals surface area contributed by atoms with Gasteiger partial charge in [-0.05, 0) is 68.2 Å². The lowest BCUT2D eigenvalue weighted by atomic mass is 9.79. The fraction of sp³-hybridized carbons (Fsp3) is 0.480. The summed E-state index contributed by atoms with van der Waals surface area (Å²) in [5.74, 6) is -1.27. The monoisotopic (exact) mass is 489 g/mol. The predicted octanol–water partition coefficient (Wildman–Crippen LogP) is 4.23. The number of carboxylic acids is 1. The fourth-order valence-corrected chi connectivity index (χ4v) is 4.71. The normalized spacial score (nSPS) is 19.9. The average molecular weight is 490 g/mol. The zero-order valence-electron chi connectivity index (χ0n) is 18.9. The summed E-state index contributed by atoms with van der Waals surface area (Å²) in [7, 11) is 0. The van der Waals surface area contributed by atoms with Crippen molar-refractivity contribution in [3.63, 3.8) is 0 Å². The Balaban J connectivity index is 1.17. The van der Waals surface area contributed by atoms with Crippen LogP contribution in [0.4, 0.5) is 10.2 Å². The van der Waals surface area contributed by atoms with Gasteiger partial charge in [0.2, 0.25) is 0 Å². The second-order valence-corrected chi connectivity index (χ2v) is 9.37. The topological polar surface area (TPSA) is 101 Å². The summed E-state index contributed by atoms with van der Waals surface area (Å²) in [4.78, 5) is 28.6. The minimum Gasteiger partial charge on any atom is -0.480 e. The molecule has 1 aromatic heterocycles. The molecule has 0 bridgehead atoms. The van der Waals surface area contributed by atoms with Gasteiger partial charge in [-0.25, -0.2) is 14.2 Å². The highest BCUT2D eigenvalue weighted by Crippen LogP contribution is 2.34. The summed E-state index contributed by atoms with van der Waals surface area (Å²) in [5, 5.41) is 15.1. The van der Waals surface area contributed by atoms with E-state index in [2.05, 4.69) is 22.8 Å². The van der Waals surface area contributed by atoms with E-state index < -0.39 is 23.7 Å². The molecule has 0 saturated heterocycles. The third-order valence-corrected chi connectivity index (χ3v) is 6.82. The van der Waals surface area contributed by atoms with E-state index in [1.807, 2.05) is 0 Å². The van der Waals surface area contributed by atoms with E-state index in [1.165, 1.54) is 17.7 Å². The van der Waals surface area contributed by atoms with Crippen molar-refractivity contribution < 1.29 is 23.8 Å². The Morgan fingerprint density at radius 3 is 2.88 bits per heavy atom. The number of fused-ring (bicyclic) bond motifs is 1. The van der Waals surface area contributed by atoms with Gasteiger partial charge in [0.05, 0.1) is 16.7 Å². The van der Waals surface area contributed by atoms with Gasteiger partial charge in [-0.1, -0.05) is 23.7 Å². The molecular weight excluding hydrogens is 461 g/mol. The smallest absolute Gasteiger partial charge is 0.326 e. The Hall–Kier alpha value is -2.71. The Morgan fingerprint density at radius 1 is 1.29 bits per heavy atom. The molecule has 4 rings (SSSR count). The van der Waals surface area contributed by atoms with E-state index in [9.17, 15) is 19.1 Å². The third kappa shape index (κ3) is 6.04. The Labute approximate surface area is 203 Å². The number of pyridine rings is 1. The van der Waals surface area contributed by atoms with Crippen molar-refractivity contribution >= 4 is 29.3 Å². The molecule has 182 valence electrons. The largest absolute Gasteiger partial charge is 0.480 e. The number of carbonyl (C=O) groups is 2. The van der Waals surface area contributed by atoms with E-state index in [-0.39, 0.29) is 29.7 Å². The highest BCUT2D eigenvalue weighted by atomic mass is 35.5. The number of carbonyl (C=O) groups excluding carboxylic acids is 1. The summed E-state index contributed by atoms with van der Waals surface area (Å²) in [6, 6.07) is 6.96. The fourth-order valence-electron chi connectivity index (χ4n) is 4.46. The summed E-state index contributed by atoms with van der Waals surface area (Å²) in [5.41, 5.74) is 2.04. The Kier molecular flexibility index (Phi) is 8.00. The molecule has 0 spiro atoms. The van der Waals surface area contributed by atoms with E-state index >= 15 is 0 Å². The van der Waals surface area contributed by atoms with E-state index in [0.29, 0.717) is 5.92 Å². The van der Waals surface area contributed by atoms with Gasteiger partial charge in [0.15, 0.2) is 0 Å². The van der Waals surface area contributed by atoms with E-state index in [4.69, 9.17) is 21.3 Å². The number of carboxylic acid groups (broad SMARTS) is 1. The molecule has 1 unspecified atom stereocenters. The number of nitrogens with zero attached hydrogens (tertiary/aromatic N) is 1. The van der Waals surface area contributed by atoms with Gasteiger partial charge in [0.1, 0.15) is 17.7 Å². The van der Waals surface area contributed by atoms with Gasteiger partial charge in [-0.3, -0.25) is 4.79 Å². The van der Waals surface area contributed by atoms with Crippen LogP contribution in [0.3, 0.4) is 0 Å².